The average Bonchev–Trinajstić information content (AvgIpc) is 2.68. The van der Waals surface area contributed by atoms with E-state index in [-0.39, 0.29) is 10.9 Å². The minimum absolute atomic E-state index is 0.0449. The van der Waals surface area contributed by atoms with Crippen LogP contribution < -0.4 is 10.5 Å². The second-order valence-corrected chi connectivity index (χ2v) is 6.36. The highest BCUT2D eigenvalue weighted by atomic mass is 32.2. The van der Waals surface area contributed by atoms with E-state index in [4.69, 9.17) is 5.73 Å². The first-order valence-corrected chi connectivity index (χ1v) is 7.76. The van der Waals surface area contributed by atoms with Crippen molar-refractivity contribution in [1.82, 2.24) is 9.29 Å². The molecule has 0 fully saturated rings. The molecule has 0 bridgehead atoms. The smallest absolute Gasteiger partial charge is 0.242 e. The molecule has 104 valence electrons. The van der Waals surface area contributed by atoms with Crippen LogP contribution in [0.25, 0.3) is 0 Å². The highest BCUT2D eigenvalue weighted by Crippen LogP contribution is 2.14. The molecule has 0 aliphatic heterocycles. The van der Waals surface area contributed by atoms with Crippen LogP contribution in [0.1, 0.15) is 38.8 Å². The summed E-state index contributed by atoms with van der Waals surface area (Å²) in [5, 5.41) is 0. The predicted octanol–water partition coefficient (Wildman–Crippen LogP) is 1.34. The maximum Gasteiger partial charge on any atom is 0.242 e. The molecule has 1 atom stereocenters. The molecule has 1 rings (SSSR count). The Labute approximate surface area is 109 Å². The van der Waals surface area contributed by atoms with Gasteiger partial charge in [-0.25, -0.2) is 13.1 Å². The van der Waals surface area contributed by atoms with Crippen molar-refractivity contribution in [2.75, 3.05) is 0 Å². The van der Waals surface area contributed by atoms with Gasteiger partial charge in [-0.3, -0.25) is 0 Å². The van der Waals surface area contributed by atoms with Gasteiger partial charge in [0.15, 0.2) is 0 Å². The Kier molecular flexibility index (Phi) is 5.37. The zero-order valence-corrected chi connectivity index (χ0v) is 12.1. The molecular weight excluding hydrogens is 250 g/mol. The Balaban J connectivity index is 2.79. The van der Waals surface area contributed by atoms with Crippen molar-refractivity contribution in [1.29, 1.82) is 0 Å². The Morgan fingerprint density at radius 2 is 2.17 bits per heavy atom. The number of aryl methyl sites for hydroxylation is 1. The van der Waals surface area contributed by atoms with Gasteiger partial charge in [0.25, 0.3) is 0 Å². The monoisotopic (exact) mass is 273 g/mol. The van der Waals surface area contributed by atoms with Crippen LogP contribution in [0.15, 0.2) is 17.2 Å². The molecule has 1 unspecified atom stereocenters. The fraction of sp³-hybridized carbons (Fsp3) is 0.667. The lowest BCUT2D eigenvalue weighted by Gasteiger charge is -2.12. The van der Waals surface area contributed by atoms with E-state index in [1.807, 2.05) is 6.92 Å². The number of sulfonamides is 1. The predicted molar refractivity (Wildman–Crippen MR) is 72.6 cm³/mol. The van der Waals surface area contributed by atoms with Gasteiger partial charge in [-0.05, 0) is 19.4 Å². The number of unbranched alkanes of at least 4 members (excludes halogenated alkanes) is 1. The molecule has 3 N–H and O–H groups in total. The lowest BCUT2D eigenvalue weighted by atomic mass is 10.2. The summed E-state index contributed by atoms with van der Waals surface area (Å²) in [6.45, 7) is 4.31. The molecule has 0 aliphatic carbocycles. The fourth-order valence-corrected chi connectivity index (χ4v) is 3.20. The third-order valence-electron chi connectivity index (χ3n) is 2.95. The molecule has 0 spiro atoms. The summed E-state index contributed by atoms with van der Waals surface area (Å²) in [6, 6.07) is 1.57. The first-order chi connectivity index (χ1) is 8.40. The molecule has 0 saturated heterocycles. The van der Waals surface area contributed by atoms with Crippen molar-refractivity contribution in [3.63, 3.8) is 0 Å². The van der Waals surface area contributed by atoms with E-state index in [1.165, 1.54) is 0 Å². The van der Waals surface area contributed by atoms with Crippen LogP contribution in [0.3, 0.4) is 0 Å². The molecule has 0 aliphatic rings. The van der Waals surface area contributed by atoms with Crippen LogP contribution in [-0.4, -0.2) is 19.0 Å². The number of nitrogens with zero attached hydrogens (tertiary/aromatic N) is 1. The molecule has 1 heterocycles. The fourth-order valence-electron chi connectivity index (χ4n) is 1.83. The van der Waals surface area contributed by atoms with Gasteiger partial charge in [0.2, 0.25) is 10.0 Å². The van der Waals surface area contributed by atoms with Gasteiger partial charge in [-0.2, -0.15) is 0 Å². The molecule has 0 radical (unpaired) electrons. The number of hydrogen-bond acceptors (Lipinski definition) is 3. The largest absolute Gasteiger partial charge is 0.352 e. The molecule has 18 heavy (non-hydrogen) atoms. The van der Waals surface area contributed by atoms with E-state index in [0.29, 0.717) is 6.54 Å². The van der Waals surface area contributed by atoms with Gasteiger partial charge < -0.3 is 10.3 Å². The van der Waals surface area contributed by atoms with E-state index in [2.05, 4.69) is 11.6 Å². The zero-order valence-electron chi connectivity index (χ0n) is 11.3. The van der Waals surface area contributed by atoms with Crippen molar-refractivity contribution < 1.29 is 8.42 Å². The summed E-state index contributed by atoms with van der Waals surface area (Å²) in [4.78, 5) is 0.286. The second kappa shape index (κ2) is 6.36. The Morgan fingerprint density at radius 3 is 2.67 bits per heavy atom. The van der Waals surface area contributed by atoms with Crippen LogP contribution in [0.2, 0.25) is 0 Å². The molecule has 5 nitrogen and oxygen atoms in total. The first kappa shape index (κ1) is 15.2. The topological polar surface area (TPSA) is 77.1 Å². The highest BCUT2D eigenvalue weighted by Gasteiger charge is 2.19. The summed E-state index contributed by atoms with van der Waals surface area (Å²) in [6.07, 6.45) is 4.53. The quantitative estimate of drug-likeness (QED) is 0.787. The van der Waals surface area contributed by atoms with Crippen molar-refractivity contribution in [2.24, 2.45) is 12.8 Å². The van der Waals surface area contributed by atoms with Gasteiger partial charge in [0.1, 0.15) is 0 Å². The van der Waals surface area contributed by atoms with Crippen molar-refractivity contribution in [2.45, 2.75) is 50.6 Å². The zero-order chi connectivity index (χ0) is 13.8. The maximum atomic E-state index is 12.1. The summed E-state index contributed by atoms with van der Waals surface area (Å²) in [7, 11) is -1.63. The van der Waals surface area contributed by atoms with E-state index < -0.39 is 10.0 Å². The summed E-state index contributed by atoms with van der Waals surface area (Å²) < 4.78 is 28.7. The summed E-state index contributed by atoms with van der Waals surface area (Å²) >= 11 is 0. The van der Waals surface area contributed by atoms with Crippen LogP contribution >= 0.6 is 0 Å². The van der Waals surface area contributed by atoms with Gasteiger partial charge >= 0.3 is 0 Å². The normalized spacial score (nSPS) is 13.8. The van der Waals surface area contributed by atoms with Gasteiger partial charge in [-0.15, -0.1) is 0 Å². The van der Waals surface area contributed by atoms with E-state index in [0.717, 1.165) is 25.0 Å². The van der Waals surface area contributed by atoms with Gasteiger partial charge in [0, 0.05) is 31.5 Å². The average molecular weight is 273 g/mol. The van der Waals surface area contributed by atoms with Gasteiger partial charge in [-0.1, -0.05) is 19.8 Å². The highest BCUT2D eigenvalue weighted by molar-refractivity contribution is 7.89. The maximum absolute atomic E-state index is 12.1. The van der Waals surface area contributed by atoms with E-state index >= 15 is 0 Å². The number of nitrogens with one attached hydrogen (secondary N) is 1. The minimum Gasteiger partial charge on any atom is -0.352 e. The number of aromatic nitrogens is 1. The molecule has 1 aromatic heterocycles. The molecule has 0 amide bonds. The Morgan fingerprint density at radius 1 is 1.50 bits per heavy atom. The second-order valence-electron chi connectivity index (χ2n) is 4.65. The third-order valence-corrected chi connectivity index (χ3v) is 4.51. The van der Waals surface area contributed by atoms with E-state index in [9.17, 15) is 8.42 Å². The lowest BCUT2D eigenvalue weighted by molar-refractivity contribution is 0.534. The van der Waals surface area contributed by atoms with Crippen LogP contribution in [0.4, 0.5) is 0 Å². The Hall–Kier alpha value is -0.850. The van der Waals surface area contributed by atoms with Gasteiger partial charge in [0.05, 0.1) is 4.90 Å². The molecule has 0 saturated carbocycles. The summed E-state index contributed by atoms with van der Waals surface area (Å²) in [5.74, 6) is 0. The summed E-state index contributed by atoms with van der Waals surface area (Å²) in [5.41, 5.74) is 6.34. The first-order valence-electron chi connectivity index (χ1n) is 6.28. The minimum atomic E-state index is -3.43. The van der Waals surface area contributed by atoms with Crippen LogP contribution in [0.5, 0.6) is 0 Å². The number of nitrogens with two attached hydrogens (primary N) is 1. The number of rotatable bonds is 7. The van der Waals surface area contributed by atoms with Crippen molar-refractivity contribution in [3.8, 4) is 0 Å². The molecular formula is C12H23N3O2S. The molecule has 1 aromatic rings. The molecule has 6 heteroatoms. The standard InChI is InChI=1S/C12H23N3O2S/c1-4-5-6-10(2)14-18(16,17)12-7-11(8-13)15(3)9-12/h7,9-10,14H,4-6,8,13H2,1-3H3. The SMILES string of the molecule is CCCCC(C)NS(=O)(=O)c1cc(CN)n(C)c1. The Bertz CT molecular complexity index is 480. The third kappa shape index (κ3) is 3.83. The van der Waals surface area contributed by atoms with Crippen LogP contribution in [-0.2, 0) is 23.6 Å². The lowest BCUT2D eigenvalue weighted by Crippen LogP contribution is -2.32. The van der Waals surface area contributed by atoms with Crippen LogP contribution in [0, 0.1) is 0 Å². The van der Waals surface area contributed by atoms with Crippen molar-refractivity contribution in [3.05, 3.63) is 18.0 Å². The number of hydrogen-bond donors (Lipinski definition) is 2. The van der Waals surface area contributed by atoms with Crippen molar-refractivity contribution >= 4 is 10.0 Å². The van der Waals surface area contributed by atoms with E-state index in [1.54, 1.807) is 23.9 Å². The molecule has 0 aromatic carbocycles.